The molecule has 9 heteroatoms. The van der Waals surface area contributed by atoms with E-state index in [2.05, 4.69) is 9.71 Å². The lowest BCUT2D eigenvalue weighted by Gasteiger charge is -2.08. The van der Waals surface area contributed by atoms with E-state index in [0.717, 1.165) is 10.2 Å². The number of para-hydroxylation sites is 1. The predicted molar refractivity (Wildman–Crippen MR) is 96.4 cm³/mol. The summed E-state index contributed by atoms with van der Waals surface area (Å²) in [6, 6.07) is 11.4. The van der Waals surface area contributed by atoms with Gasteiger partial charge in [-0.2, -0.15) is 0 Å². The summed E-state index contributed by atoms with van der Waals surface area (Å²) in [4.78, 5) is 16.6. The lowest BCUT2D eigenvalue weighted by atomic mass is 10.2. The molecule has 0 radical (unpaired) electrons. The van der Waals surface area contributed by atoms with E-state index in [4.69, 9.17) is 16.3 Å². The summed E-state index contributed by atoms with van der Waals surface area (Å²) in [5, 5.41) is 0.758. The fourth-order valence-corrected chi connectivity index (χ4v) is 3.96. The fraction of sp³-hybridized carbons (Fsp3) is 0.125. The first kappa shape index (κ1) is 17.8. The molecule has 0 aliphatic heterocycles. The molecule has 0 atom stereocenters. The van der Waals surface area contributed by atoms with Crippen LogP contribution >= 0.6 is 22.9 Å². The van der Waals surface area contributed by atoms with Crippen molar-refractivity contribution in [3.8, 4) is 0 Å². The number of hydrogen-bond donors (Lipinski definition) is 1. The highest BCUT2D eigenvalue weighted by molar-refractivity contribution is 7.89. The normalized spacial score (nSPS) is 11.6. The first-order chi connectivity index (χ1) is 11.9. The van der Waals surface area contributed by atoms with E-state index < -0.39 is 16.0 Å². The van der Waals surface area contributed by atoms with Crippen LogP contribution in [0.15, 0.2) is 47.4 Å². The lowest BCUT2D eigenvalue weighted by molar-refractivity contribution is 0.0472. The van der Waals surface area contributed by atoms with E-state index in [9.17, 15) is 13.2 Å². The maximum atomic E-state index is 12.3. The van der Waals surface area contributed by atoms with Gasteiger partial charge >= 0.3 is 5.97 Å². The minimum Gasteiger partial charge on any atom is -0.455 e. The molecule has 3 rings (SSSR count). The van der Waals surface area contributed by atoms with Crippen LogP contribution in [0.25, 0.3) is 10.2 Å². The molecular formula is C16H13ClN2O4S2. The Kier molecular flexibility index (Phi) is 5.05. The van der Waals surface area contributed by atoms with Crippen LogP contribution in [0.5, 0.6) is 0 Å². The molecule has 1 N–H and O–H groups in total. The van der Waals surface area contributed by atoms with Crippen LogP contribution in [-0.2, 0) is 21.4 Å². The molecule has 0 spiro atoms. The van der Waals surface area contributed by atoms with Crippen molar-refractivity contribution >= 4 is 49.1 Å². The molecule has 2 aromatic carbocycles. The minimum absolute atomic E-state index is 0.0147. The highest BCUT2D eigenvalue weighted by Gasteiger charge is 2.19. The Labute approximate surface area is 153 Å². The fourth-order valence-electron chi connectivity index (χ4n) is 2.13. The summed E-state index contributed by atoms with van der Waals surface area (Å²) in [6.45, 7) is -0.0164. The Bertz CT molecular complexity index is 1010. The smallest absolute Gasteiger partial charge is 0.340 e. The molecule has 25 heavy (non-hydrogen) atoms. The summed E-state index contributed by atoms with van der Waals surface area (Å²) >= 11 is 7.42. The summed E-state index contributed by atoms with van der Waals surface area (Å²) in [7, 11) is -2.40. The molecule has 0 saturated heterocycles. The SMILES string of the molecule is CNS(=O)(=O)c1ccc(Cl)c(C(=O)OCc2nc3ccccc3s2)c1. The van der Waals surface area contributed by atoms with Crippen molar-refractivity contribution in [1.29, 1.82) is 0 Å². The number of aromatic nitrogens is 1. The Morgan fingerprint density at radius 3 is 2.76 bits per heavy atom. The number of esters is 1. The van der Waals surface area contributed by atoms with Crippen LogP contribution in [0.4, 0.5) is 0 Å². The number of rotatable bonds is 5. The van der Waals surface area contributed by atoms with Gasteiger partial charge in [0, 0.05) is 0 Å². The zero-order valence-corrected chi connectivity index (χ0v) is 15.4. The first-order valence-electron chi connectivity index (χ1n) is 7.15. The predicted octanol–water partition coefficient (Wildman–Crippen LogP) is 3.21. The molecule has 0 saturated carbocycles. The van der Waals surface area contributed by atoms with E-state index in [-0.39, 0.29) is 22.1 Å². The average molecular weight is 397 g/mol. The Morgan fingerprint density at radius 1 is 1.28 bits per heavy atom. The third kappa shape index (κ3) is 3.82. The number of nitrogens with zero attached hydrogens (tertiary/aromatic N) is 1. The standard InChI is InChI=1S/C16H13ClN2O4S2/c1-18-25(21,22)10-6-7-12(17)11(8-10)16(20)23-9-15-19-13-4-2-3-5-14(13)24-15/h2-8,18H,9H2,1H3. The van der Waals surface area contributed by atoms with Crippen LogP contribution < -0.4 is 4.72 Å². The number of benzene rings is 2. The number of fused-ring (bicyclic) bond motifs is 1. The van der Waals surface area contributed by atoms with Crippen molar-refractivity contribution in [3.05, 3.63) is 58.1 Å². The van der Waals surface area contributed by atoms with Crippen LogP contribution in [0.3, 0.4) is 0 Å². The number of halogens is 1. The zero-order valence-electron chi connectivity index (χ0n) is 13.0. The summed E-state index contributed by atoms with van der Waals surface area (Å²) in [5.74, 6) is -0.711. The maximum absolute atomic E-state index is 12.3. The van der Waals surface area contributed by atoms with Gasteiger partial charge in [-0.15, -0.1) is 11.3 Å². The van der Waals surface area contributed by atoms with Gasteiger partial charge in [0.25, 0.3) is 0 Å². The number of ether oxygens (including phenoxy) is 1. The van der Waals surface area contributed by atoms with Gasteiger partial charge in [0.05, 0.1) is 25.7 Å². The van der Waals surface area contributed by atoms with Crippen LogP contribution in [0.2, 0.25) is 5.02 Å². The summed E-state index contributed by atoms with van der Waals surface area (Å²) in [5.41, 5.74) is 0.817. The van der Waals surface area contributed by atoms with E-state index in [1.165, 1.54) is 36.6 Å². The quantitative estimate of drug-likeness (QED) is 0.669. The van der Waals surface area contributed by atoms with Gasteiger partial charge in [-0.1, -0.05) is 23.7 Å². The highest BCUT2D eigenvalue weighted by atomic mass is 35.5. The van der Waals surface area contributed by atoms with E-state index in [1.807, 2.05) is 24.3 Å². The molecule has 1 heterocycles. The molecule has 0 amide bonds. The number of sulfonamides is 1. The van der Waals surface area contributed by atoms with Crippen molar-refractivity contribution in [2.45, 2.75) is 11.5 Å². The van der Waals surface area contributed by atoms with Gasteiger partial charge in [0.15, 0.2) is 0 Å². The number of carbonyl (C=O) groups excluding carboxylic acids is 1. The number of nitrogens with one attached hydrogen (secondary N) is 1. The van der Waals surface area contributed by atoms with Crippen LogP contribution in [0, 0.1) is 0 Å². The molecule has 0 fully saturated rings. The van der Waals surface area contributed by atoms with Crippen molar-refractivity contribution in [3.63, 3.8) is 0 Å². The average Bonchev–Trinajstić information content (AvgIpc) is 3.02. The third-order valence-electron chi connectivity index (χ3n) is 3.40. The Balaban J connectivity index is 1.80. The molecule has 0 aliphatic carbocycles. The van der Waals surface area contributed by atoms with E-state index in [1.54, 1.807) is 0 Å². The first-order valence-corrected chi connectivity index (χ1v) is 9.83. The molecule has 0 unspecified atom stereocenters. The van der Waals surface area contributed by atoms with Gasteiger partial charge in [-0.3, -0.25) is 0 Å². The Hall–Kier alpha value is -2.00. The second-order valence-electron chi connectivity index (χ2n) is 5.00. The second-order valence-corrected chi connectivity index (χ2v) is 8.41. The largest absolute Gasteiger partial charge is 0.455 e. The monoisotopic (exact) mass is 396 g/mol. The topological polar surface area (TPSA) is 85.4 Å². The van der Waals surface area contributed by atoms with Crippen molar-refractivity contribution in [2.24, 2.45) is 0 Å². The molecule has 3 aromatic rings. The van der Waals surface area contributed by atoms with Crippen LogP contribution in [-0.4, -0.2) is 26.4 Å². The van der Waals surface area contributed by atoms with Gasteiger partial charge < -0.3 is 4.74 Å². The Morgan fingerprint density at radius 2 is 2.04 bits per heavy atom. The lowest BCUT2D eigenvalue weighted by Crippen LogP contribution is -2.19. The third-order valence-corrected chi connectivity index (χ3v) is 6.15. The van der Waals surface area contributed by atoms with Gasteiger partial charge in [0.1, 0.15) is 11.6 Å². The van der Waals surface area contributed by atoms with Gasteiger partial charge in [-0.25, -0.2) is 22.9 Å². The van der Waals surface area contributed by atoms with Crippen molar-refractivity contribution in [2.75, 3.05) is 7.05 Å². The summed E-state index contributed by atoms with van der Waals surface area (Å²) < 4.78 is 32.1. The van der Waals surface area contributed by atoms with Crippen LogP contribution in [0.1, 0.15) is 15.4 Å². The number of carbonyl (C=O) groups is 1. The molecule has 0 aliphatic rings. The minimum atomic E-state index is -3.68. The molecule has 130 valence electrons. The van der Waals surface area contributed by atoms with Gasteiger partial charge in [-0.05, 0) is 37.4 Å². The molecule has 1 aromatic heterocycles. The molecule has 6 nitrogen and oxygen atoms in total. The van der Waals surface area contributed by atoms with Crippen molar-refractivity contribution in [1.82, 2.24) is 9.71 Å². The number of thiazole rings is 1. The highest BCUT2D eigenvalue weighted by Crippen LogP contribution is 2.24. The second kappa shape index (κ2) is 7.09. The van der Waals surface area contributed by atoms with Gasteiger partial charge in [0.2, 0.25) is 10.0 Å². The zero-order chi connectivity index (χ0) is 18.0. The summed E-state index contributed by atoms with van der Waals surface area (Å²) in [6.07, 6.45) is 0. The van der Waals surface area contributed by atoms with E-state index >= 15 is 0 Å². The van der Waals surface area contributed by atoms with Crippen molar-refractivity contribution < 1.29 is 17.9 Å². The molecular weight excluding hydrogens is 384 g/mol. The molecule has 0 bridgehead atoms. The number of hydrogen-bond acceptors (Lipinski definition) is 6. The van der Waals surface area contributed by atoms with E-state index in [0.29, 0.717) is 5.01 Å². The maximum Gasteiger partial charge on any atom is 0.340 e.